The first kappa shape index (κ1) is 13.8. The average molecular weight is 284 g/mol. The number of nitrogens with zero attached hydrogens (tertiary/aromatic N) is 3. The molecule has 0 aliphatic heterocycles. The summed E-state index contributed by atoms with van der Waals surface area (Å²) in [5, 5.41) is 2.93. The molecule has 0 radical (unpaired) electrons. The fourth-order valence-electron chi connectivity index (χ4n) is 2.41. The summed E-state index contributed by atoms with van der Waals surface area (Å²) >= 11 is 0. The van der Waals surface area contributed by atoms with Crippen LogP contribution >= 0.6 is 0 Å². The Bertz CT molecular complexity index is 616. The third-order valence-electron chi connectivity index (χ3n) is 3.85. The van der Waals surface area contributed by atoms with Crippen molar-refractivity contribution in [2.75, 3.05) is 6.54 Å². The molecule has 21 heavy (non-hydrogen) atoms. The number of nitrogens with one attached hydrogen (secondary N) is 1. The molecule has 1 aliphatic carbocycles. The number of aryl methyl sites for hydroxylation is 1. The van der Waals surface area contributed by atoms with E-state index in [1.54, 1.807) is 24.5 Å². The number of aromatic nitrogens is 3. The fourth-order valence-corrected chi connectivity index (χ4v) is 2.41. The van der Waals surface area contributed by atoms with Gasteiger partial charge in [-0.1, -0.05) is 0 Å². The molecule has 1 aliphatic rings. The van der Waals surface area contributed by atoms with Gasteiger partial charge in [0.25, 0.3) is 5.91 Å². The maximum absolute atomic E-state index is 11.9. The Hall–Kier alpha value is -2.17. The maximum atomic E-state index is 11.9. The van der Waals surface area contributed by atoms with Crippen LogP contribution < -0.4 is 5.32 Å². The van der Waals surface area contributed by atoms with E-state index in [-0.39, 0.29) is 5.91 Å². The SMILES string of the molecule is Cc1cnc(CCNC(=O)c2ccncc2)n1CC1CC1. The van der Waals surface area contributed by atoms with Crippen molar-refractivity contribution in [1.82, 2.24) is 19.9 Å². The van der Waals surface area contributed by atoms with Gasteiger partial charge in [-0.3, -0.25) is 9.78 Å². The van der Waals surface area contributed by atoms with Crippen LogP contribution in [0, 0.1) is 12.8 Å². The highest BCUT2D eigenvalue weighted by atomic mass is 16.1. The van der Waals surface area contributed by atoms with Gasteiger partial charge in [0.1, 0.15) is 5.82 Å². The monoisotopic (exact) mass is 284 g/mol. The van der Waals surface area contributed by atoms with E-state index >= 15 is 0 Å². The predicted octanol–water partition coefficient (Wildman–Crippen LogP) is 1.97. The van der Waals surface area contributed by atoms with Gasteiger partial charge in [-0.2, -0.15) is 0 Å². The van der Waals surface area contributed by atoms with Crippen molar-refractivity contribution < 1.29 is 4.79 Å². The first-order valence-corrected chi connectivity index (χ1v) is 7.43. The van der Waals surface area contributed by atoms with E-state index in [0.717, 1.165) is 24.7 Å². The zero-order valence-corrected chi connectivity index (χ0v) is 12.2. The van der Waals surface area contributed by atoms with Crippen LogP contribution in [0.3, 0.4) is 0 Å². The first-order chi connectivity index (χ1) is 10.2. The summed E-state index contributed by atoms with van der Waals surface area (Å²) in [6.07, 6.45) is 8.59. The lowest BCUT2D eigenvalue weighted by molar-refractivity contribution is 0.0954. The quantitative estimate of drug-likeness (QED) is 0.882. The number of carbonyl (C=O) groups excluding carboxylic acids is 1. The second-order valence-electron chi connectivity index (χ2n) is 5.61. The Morgan fingerprint density at radius 3 is 2.86 bits per heavy atom. The van der Waals surface area contributed by atoms with Crippen molar-refractivity contribution in [3.63, 3.8) is 0 Å². The zero-order chi connectivity index (χ0) is 14.7. The first-order valence-electron chi connectivity index (χ1n) is 7.43. The normalized spacial score (nSPS) is 14.1. The molecule has 0 bridgehead atoms. The third-order valence-corrected chi connectivity index (χ3v) is 3.85. The Balaban J connectivity index is 1.54. The van der Waals surface area contributed by atoms with Crippen molar-refractivity contribution in [3.05, 3.63) is 47.8 Å². The van der Waals surface area contributed by atoms with Gasteiger partial charge in [-0.25, -0.2) is 4.98 Å². The summed E-state index contributed by atoms with van der Waals surface area (Å²) in [5.41, 5.74) is 1.85. The summed E-state index contributed by atoms with van der Waals surface area (Å²) in [6, 6.07) is 3.43. The summed E-state index contributed by atoms with van der Waals surface area (Å²) in [6.45, 7) is 3.76. The maximum Gasteiger partial charge on any atom is 0.251 e. The Kier molecular flexibility index (Phi) is 3.99. The molecule has 2 aromatic heterocycles. The molecular weight excluding hydrogens is 264 g/mol. The van der Waals surface area contributed by atoms with Gasteiger partial charge in [-0.05, 0) is 37.8 Å². The molecule has 0 aromatic carbocycles. The Labute approximate surface area is 124 Å². The lowest BCUT2D eigenvalue weighted by atomic mass is 10.2. The summed E-state index contributed by atoms with van der Waals surface area (Å²) in [7, 11) is 0. The molecule has 1 saturated carbocycles. The van der Waals surface area contributed by atoms with E-state index in [1.165, 1.54) is 18.5 Å². The van der Waals surface area contributed by atoms with Crippen molar-refractivity contribution in [2.45, 2.75) is 32.7 Å². The number of imidazole rings is 1. The van der Waals surface area contributed by atoms with Crippen molar-refractivity contribution in [1.29, 1.82) is 0 Å². The molecule has 0 atom stereocenters. The third kappa shape index (κ3) is 3.48. The van der Waals surface area contributed by atoms with Gasteiger partial charge in [0.05, 0.1) is 0 Å². The number of pyridine rings is 1. The molecule has 1 N–H and O–H groups in total. The predicted molar refractivity (Wildman–Crippen MR) is 80.0 cm³/mol. The molecule has 1 amide bonds. The van der Waals surface area contributed by atoms with Crippen LogP contribution in [0.4, 0.5) is 0 Å². The van der Waals surface area contributed by atoms with Crippen LogP contribution in [0.1, 0.15) is 34.7 Å². The minimum atomic E-state index is -0.0607. The Morgan fingerprint density at radius 1 is 1.38 bits per heavy atom. The van der Waals surface area contributed by atoms with Crippen LogP contribution in [-0.4, -0.2) is 27.0 Å². The van der Waals surface area contributed by atoms with Crippen molar-refractivity contribution in [3.8, 4) is 0 Å². The van der Waals surface area contributed by atoms with Gasteiger partial charge in [-0.15, -0.1) is 0 Å². The van der Waals surface area contributed by atoms with Crippen LogP contribution in [0.2, 0.25) is 0 Å². The van der Waals surface area contributed by atoms with E-state index in [2.05, 4.69) is 26.8 Å². The van der Waals surface area contributed by atoms with Gasteiger partial charge in [0, 0.05) is 49.4 Å². The highest BCUT2D eigenvalue weighted by Crippen LogP contribution is 2.31. The summed E-state index contributed by atoms with van der Waals surface area (Å²) < 4.78 is 2.29. The molecular formula is C16H20N4O. The van der Waals surface area contributed by atoms with E-state index in [4.69, 9.17) is 0 Å². The zero-order valence-electron chi connectivity index (χ0n) is 12.2. The van der Waals surface area contributed by atoms with E-state index < -0.39 is 0 Å². The molecule has 5 nitrogen and oxygen atoms in total. The van der Waals surface area contributed by atoms with Gasteiger partial charge >= 0.3 is 0 Å². The number of rotatable bonds is 6. The second kappa shape index (κ2) is 6.08. The number of carbonyl (C=O) groups is 1. The van der Waals surface area contributed by atoms with Crippen molar-refractivity contribution >= 4 is 5.91 Å². The molecule has 1 fully saturated rings. The largest absolute Gasteiger partial charge is 0.352 e. The van der Waals surface area contributed by atoms with E-state index in [1.807, 2.05) is 6.20 Å². The topological polar surface area (TPSA) is 59.8 Å². The molecule has 0 spiro atoms. The minimum absolute atomic E-state index is 0.0607. The molecule has 0 unspecified atom stereocenters. The van der Waals surface area contributed by atoms with E-state index in [0.29, 0.717) is 12.1 Å². The molecule has 5 heteroatoms. The highest BCUT2D eigenvalue weighted by molar-refractivity contribution is 5.93. The average Bonchev–Trinajstić information content (AvgIpc) is 3.27. The van der Waals surface area contributed by atoms with Crippen LogP contribution in [0.5, 0.6) is 0 Å². The number of hydrogen-bond acceptors (Lipinski definition) is 3. The molecule has 0 saturated heterocycles. The van der Waals surface area contributed by atoms with Gasteiger partial charge in [0.15, 0.2) is 0 Å². The molecule has 3 rings (SSSR count). The summed E-state index contributed by atoms with van der Waals surface area (Å²) in [5.74, 6) is 1.83. The van der Waals surface area contributed by atoms with Crippen molar-refractivity contribution in [2.24, 2.45) is 5.92 Å². The standard InChI is InChI=1S/C16H20N4O/c1-12-10-19-15(20(12)11-13-2-3-13)6-9-18-16(21)14-4-7-17-8-5-14/h4-5,7-8,10,13H,2-3,6,9,11H2,1H3,(H,18,21). The highest BCUT2D eigenvalue weighted by Gasteiger charge is 2.23. The second-order valence-corrected chi connectivity index (χ2v) is 5.61. The van der Waals surface area contributed by atoms with Gasteiger partial charge < -0.3 is 9.88 Å². The van der Waals surface area contributed by atoms with Crippen LogP contribution in [0.15, 0.2) is 30.7 Å². The minimum Gasteiger partial charge on any atom is -0.352 e. The smallest absolute Gasteiger partial charge is 0.251 e. The van der Waals surface area contributed by atoms with Crippen LogP contribution in [0.25, 0.3) is 0 Å². The van der Waals surface area contributed by atoms with E-state index in [9.17, 15) is 4.79 Å². The molecule has 2 aromatic rings. The number of amides is 1. The lowest BCUT2D eigenvalue weighted by Crippen LogP contribution is -2.26. The number of hydrogen-bond donors (Lipinski definition) is 1. The molecule has 110 valence electrons. The fraction of sp³-hybridized carbons (Fsp3) is 0.438. The Morgan fingerprint density at radius 2 is 2.14 bits per heavy atom. The lowest BCUT2D eigenvalue weighted by Gasteiger charge is -2.10. The molecule has 2 heterocycles. The van der Waals surface area contributed by atoms with Gasteiger partial charge in [0.2, 0.25) is 0 Å². The summed E-state index contributed by atoms with van der Waals surface area (Å²) in [4.78, 5) is 20.3. The van der Waals surface area contributed by atoms with Crippen LogP contribution in [-0.2, 0) is 13.0 Å².